The van der Waals surface area contributed by atoms with Crippen LogP contribution in [0.5, 0.6) is 5.88 Å². The van der Waals surface area contributed by atoms with E-state index in [0.29, 0.717) is 25.0 Å². The van der Waals surface area contributed by atoms with Gasteiger partial charge in [0.15, 0.2) is 0 Å². The first-order valence-corrected chi connectivity index (χ1v) is 4.69. The summed E-state index contributed by atoms with van der Waals surface area (Å²) in [5, 5.41) is 2.91. The van der Waals surface area contributed by atoms with Gasteiger partial charge < -0.3 is 20.5 Å². The fraction of sp³-hybridized carbons (Fsp3) is 0.444. The quantitative estimate of drug-likeness (QED) is 0.602. The van der Waals surface area contributed by atoms with E-state index in [9.17, 15) is 4.79 Å². The number of nitrogens with two attached hydrogens (primary N) is 1. The summed E-state index contributed by atoms with van der Waals surface area (Å²) in [7, 11) is 1.53. The molecule has 0 atom stereocenters. The number of carbonyl (C=O) groups is 1. The maximum Gasteiger partial charge on any atom is 0.243 e. The maximum absolute atomic E-state index is 10.4. The number of hydrogen-bond acceptors (Lipinski definition) is 6. The van der Waals surface area contributed by atoms with Gasteiger partial charge in [0, 0.05) is 18.8 Å². The average molecular weight is 226 g/mol. The van der Waals surface area contributed by atoms with E-state index in [4.69, 9.17) is 15.2 Å². The Hall–Kier alpha value is -1.89. The molecule has 0 unspecified atom stereocenters. The molecular weight excluding hydrogens is 212 g/mol. The first kappa shape index (κ1) is 12.2. The van der Waals surface area contributed by atoms with E-state index >= 15 is 0 Å². The molecule has 1 rings (SSSR count). The number of nitrogens with zero attached hydrogens (tertiary/aromatic N) is 2. The van der Waals surface area contributed by atoms with Crippen molar-refractivity contribution in [1.29, 1.82) is 0 Å². The van der Waals surface area contributed by atoms with Crippen LogP contribution in [0, 0.1) is 0 Å². The van der Waals surface area contributed by atoms with Gasteiger partial charge in [-0.25, -0.2) is 4.98 Å². The van der Waals surface area contributed by atoms with Crippen molar-refractivity contribution in [3.05, 3.63) is 12.3 Å². The Morgan fingerprint density at radius 1 is 1.62 bits per heavy atom. The van der Waals surface area contributed by atoms with Gasteiger partial charge in [-0.1, -0.05) is 0 Å². The van der Waals surface area contributed by atoms with Crippen molar-refractivity contribution in [3.63, 3.8) is 0 Å². The summed E-state index contributed by atoms with van der Waals surface area (Å²) in [6.07, 6.45) is 1.58. The highest BCUT2D eigenvalue weighted by Crippen LogP contribution is 2.06. The molecule has 0 radical (unpaired) electrons. The number of primary amides is 1. The second kappa shape index (κ2) is 6.57. The molecular formula is C9H14N4O3. The van der Waals surface area contributed by atoms with Crippen LogP contribution in [-0.2, 0) is 9.53 Å². The summed E-state index contributed by atoms with van der Waals surface area (Å²) in [6, 6.07) is 1.65. The highest BCUT2D eigenvalue weighted by Gasteiger charge is 1.98. The van der Waals surface area contributed by atoms with Crippen molar-refractivity contribution < 1.29 is 14.3 Å². The third-order valence-corrected chi connectivity index (χ3v) is 1.61. The van der Waals surface area contributed by atoms with Gasteiger partial charge in [-0.2, -0.15) is 4.98 Å². The van der Waals surface area contributed by atoms with E-state index in [0.717, 1.165) is 0 Å². The van der Waals surface area contributed by atoms with Gasteiger partial charge in [0.1, 0.15) is 6.61 Å². The number of anilines is 1. The minimum Gasteiger partial charge on any atom is -0.481 e. The molecule has 88 valence electrons. The third kappa shape index (κ3) is 4.56. The molecule has 0 aliphatic heterocycles. The highest BCUT2D eigenvalue weighted by molar-refractivity contribution is 5.74. The average Bonchev–Trinajstić information content (AvgIpc) is 2.28. The van der Waals surface area contributed by atoms with Crippen molar-refractivity contribution in [2.24, 2.45) is 5.73 Å². The Morgan fingerprint density at radius 2 is 2.44 bits per heavy atom. The van der Waals surface area contributed by atoms with Gasteiger partial charge in [0.25, 0.3) is 0 Å². The van der Waals surface area contributed by atoms with Crippen LogP contribution in [0.4, 0.5) is 5.95 Å². The monoisotopic (exact) mass is 226 g/mol. The van der Waals surface area contributed by atoms with Gasteiger partial charge in [-0.05, 0) is 0 Å². The number of nitrogens with one attached hydrogen (secondary N) is 1. The Bertz CT molecular complexity index is 345. The highest BCUT2D eigenvalue weighted by atomic mass is 16.5. The number of amides is 1. The molecule has 0 saturated carbocycles. The summed E-state index contributed by atoms with van der Waals surface area (Å²) >= 11 is 0. The van der Waals surface area contributed by atoms with Crippen LogP contribution < -0.4 is 15.8 Å². The van der Waals surface area contributed by atoms with Crippen LogP contribution in [0.2, 0.25) is 0 Å². The number of methoxy groups -OCH3 is 1. The molecule has 7 heteroatoms. The molecule has 1 aromatic heterocycles. The lowest BCUT2D eigenvalue weighted by molar-refractivity contribution is -0.122. The molecule has 0 aliphatic carbocycles. The molecule has 16 heavy (non-hydrogen) atoms. The van der Waals surface area contributed by atoms with Crippen molar-refractivity contribution >= 4 is 11.9 Å². The second-order valence-corrected chi connectivity index (χ2v) is 2.87. The second-order valence-electron chi connectivity index (χ2n) is 2.87. The van der Waals surface area contributed by atoms with Crippen molar-refractivity contribution in [3.8, 4) is 5.88 Å². The molecule has 0 aromatic carbocycles. The molecule has 1 heterocycles. The van der Waals surface area contributed by atoms with Gasteiger partial charge in [-0.15, -0.1) is 0 Å². The number of ether oxygens (including phenoxy) is 2. The molecule has 0 saturated heterocycles. The molecule has 0 bridgehead atoms. The predicted octanol–water partition coefficient (Wildman–Crippen LogP) is -0.601. The Morgan fingerprint density at radius 3 is 3.12 bits per heavy atom. The van der Waals surface area contributed by atoms with Crippen molar-refractivity contribution in [2.75, 3.05) is 32.2 Å². The molecule has 0 spiro atoms. The number of carbonyl (C=O) groups excluding carboxylic acids is 1. The number of rotatable bonds is 7. The Kier molecular flexibility index (Phi) is 5.00. The van der Waals surface area contributed by atoms with Crippen LogP contribution in [-0.4, -0.2) is 42.7 Å². The van der Waals surface area contributed by atoms with Crippen LogP contribution in [0.1, 0.15) is 0 Å². The molecule has 0 aliphatic rings. The normalized spacial score (nSPS) is 9.81. The smallest absolute Gasteiger partial charge is 0.243 e. The lowest BCUT2D eigenvalue weighted by Crippen LogP contribution is -2.20. The summed E-state index contributed by atoms with van der Waals surface area (Å²) in [5.74, 6) is 0.440. The van der Waals surface area contributed by atoms with Gasteiger partial charge in [0.05, 0.1) is 13.7 Å². The number of hydrogen-bond donors (Lipinski definition) is 2. The van der Waals surface area contributed by atoms with Crippen LogP contribution in [0.15, 0.2) is 12.3 Å². The van der Waals surface area contributed by atoms with Crippen LogP contribution >= 0.6 is 0 Å². The number of aromatic nitrogens is 2. The lowest BCUT2D eigenvalue weighted by Gasteiger charge is -2.05. The fourth-order valence-corrected chi connectivity index (χ4v) is 0.949. The SMILES string of the molecule is COc1ccnc(NCCOCC(N)=O)n1. The summed E-state index contributed by atoms with van der Waals surface area (Å²) < 4.78 is 9.88. The predicted molar refractivity (Wildman–Crippen MR) is 57.1 cm³/mol. The van der Waals surface area contributed by atoms with Crippen LogP contribution in [0.3, 0.4) is 0 Å². The van der Waals surface area contributed by atoms with E-state index < -0.39 is 5.91 Å². The van der Waals surface area contributed by atoms with Gasteiger partial charge in [-0.3, -0.25) is 4.79 Å². The molecule has 1 aromatic rings. The van der Waals surface area contributed by atoms with E-state index in [1.807, 2.05) is 0 Å². The molecule has 0 fully saturated rings. The third-order valence-electron chi connectivity index (χ3n) is 1.61. The summed E-state index contributed by atoms with van der Waals surface area (Å²) in [5.41, 5.74) is 4.90. The minimum atomic E-state index is -0.488. The van der Waals surface area contributed by atoms with Crippen molar-refractivity contribution in [1.82, 2.24) is 9.97 Å². The van der Waals surface area contributed by atoms with Crippen molar-refractivity contribution in [2.45, 2.75) is 0 Å². The van der Waals surface area contributed by atoms with E-state index in [-0.39, 0.29) is 6.61 Å². The first-order valence-electron chi connectivity index (χ1n) is 4.69. The summed E-state index contributed by atoms with van der Waals surface area (Å²) in [4.78, 5) is 18.4. The molecule has 7 nitrogen and oxygen atoms in total. The largest absolute Gasteiger partial charge is 0.481 e. The van der Waals surface area contributed by atoms with Crippen LogP contribution in [0.25, 0.3) is 0 Å². The maximum atomic E-state index is 10.4. The van der Waals surface area contributed by atoms with Gasteiger partial charge in [0.2, 0.25) is 17.7 Å². The zero-order valence-corrected chi connectivity index (χ0v) is 8.97. The topological polar surface area (TPSA) is 99.4 Å². The van der Waals surface area contributed by atoms with E-state index in [2.05, 4.69) is 15.3 Å². The van der Waals surface area contributed by atoms with E-state index in [1.54, 1.807) is 12.3 Å². The molecule has 3 N–H and O–H groups in total. The molecule has 1 amide bonds. The standard InChI is InChI=1S/C9H14N4O3/c1-15-8-2-3-11-9(13-8)12-4-5-16-6-7(10)14/h2-3H,4-6H2,1H3,(H2,10,14)(H,11,12,13). The summed E-state index contributed by atoms with van der Waals surface area (Å²) in [6.45, 7) is 0.755. The minimum absolute atomic E-state index is 0.0827. The Labute approximate surface area is 93.0 Å². The zero-order chi connectivity index (χ0) is 11.8. The fourth-order valence-electron chi connectivity index (χ4n) is 0.949. The van der Waals surface area contributed by atoms with Gasteiger partial charge >= 0.3 is 0 Å². The van der Waals surface area contributed by atoms with E-state index in [1.165, 1.54) is 7.11 Å². The lowest BCUT2D eigenvalue weighted by atomic mass is 10.6. The Balaban J connectivity index is 2.23. The first-order chi connectivity index (χ1) is 7.72. The zero-order valence-electron chi connectivity index (χ0n) is 8.97.